The lowest BCUT2D eigenvalue weighted by Gasteiger charge is -2.05. The summed E-state index contributed by atoms with van der Waals surface area (Å²) in [5.41, 5.74) is -0.0940. The molecule has 100 valence electrons. The summed E-state index contributed by atoms with van der Waals surface area (Å²) in [5, 5.41) is 0. The maximum Gasteiger partial charge on any atom is 0.342 e. The molecule has 0 fully saturated rings. The van der Waals surface area contributed by atoms with E-state index in [4.69, 9.17) is 4.74 Å². The number of pyridine rings is 1. The standard InChI is InChI=1S/C14H20FNO2/c1-2-3-4-5-6-7-11-18-14(17)12-9-8-10-16-13(12)15/h8-10H,2-7,11H2,1H3. The molecule has 0 saturated carbocycles. The second-order valence-corrected chi connectivity index (χ2v) is 4.25. The molecular formula is C14H20FNO2. The molecule has 4 heteroatoms. The van der Waals surface area contributed by atoms with E-state index in [2.05, 4.69) is 11.9 Å². The van der Waals surface area contributed by atoms with Crippen molar-refractivity contribution in [2.24, 2.45) is 0 Å². The number of halogens is 1. The van der Waals surface area contributed by atoms with Crippen molar-refractivity contribution < 1.29 is 13.9 Å². The van der Waals surface area contributed by atoms with Crippen LogP contribution in [0, 0.1) is 5.95 Å². The van der Waals surface area contributed by atoms with Gasteiger partial charge in [-0.05, 0) is 18.6 Å². The molecular weight excluding hydrogens is 233 g/mol. The van der Waals surface area contributed by atoms with Gasteiger partial charge in [0.1, 0.15) is 5.56 Å². The number of ether oxygens (including phenoxy) is 1. The van der Waals surface area contributed by atoms with Crippen LogP contribution in [0.2, 0.25) is 0 Å². The molecule has 0 saturated heterocycles. The Kier molecular flexibility index (Phi) is 6.99. The summed E-state index contributed by atoms with van der Waals surface area (Å²) in [6.07, 6.45) is 8.03. The number of unbranched alkanes of at least 4 members (excludes halogenated alkanes) is 5. The predicted octanol–water partition coefficient (Wildman–Crippen LogP) is 3.74. The number of esters is 1. The fourth-order valence-corrected chi connectivity index (χ4v) is 1.66. The third-order valence-electron chi connectivity index (χ3n) is 2.71. The van der Waals surface area contributed by atoms with Gasteiger partial charge in [-0.15, -0.1) is 0 Å². The third-order valence-corrected chi connectivity index (χ3v) is 2.71. The Hall–Kier alpha value is -1.45. The zero-order valence-corrected chi connectivity index (χ0v) is 10.8. The van der Waals surface area contributed by atoms with Crippen LogP contribution in [-0.2, 0) is 4.74 Å². The minimum atomic E-state index is -0.773. The van der Waals surface area contributed by atoms with Crippen molar-refractivity contribution >= 4 is 5.97 Å². The molecule has 0 N–H and O–H groups in total. The molecule has 18 heavy (non-hydrogen) atoms. The highest BCUT2D eigenvalue weighted by atomic mass is 19.1. The molecule has 0 radical (unpaired) electrons. The first-order valence-electron chi connectivity index (χ1n) is 6.53. The zero-order valence-electron chi connectivity index (χ0n) is 10.8. The number of carbonyl (C=O) groups excluding carboxylic acids is 1. The van der Waals surface area contributed by atoms with Crippen LogP contribution in [-0.4, -0.2) is 17.6 Å². The number of aromatic nitrogens is 1. The van der Waals surface area contributed by atoms with E-state index in [1.165, 1.54) is 37.6 Å². The van der Waals surface area contributed by atoms with Gasteiger partial charge in [0.15, 0.2) is 0 Å². The Labute approximate surface area is 107 Å². The molecule has 0 aliphatic heterocycles. The predicted molar refractivity (Wildman–Crippen MR) is 67.9 cm³/mol. The summed E-state index contributed by atoms with van der Waals surface area (Å²) in [6.45, 7) is 2.52. The van der Waals surface area contributed by atoms with Crippen LogP contribution in [0.4, 0.5) is 4.39 Å². The molecule has 0 aliphatic carbocycles. The first kappa shape index (κ1) is 14.6. The first-order valence-corrected chi connectivity index (χ1v) is 6.53. The molecule has 0 amide bonds. The van der Waals surface area contributed by atoms with Gasteiger partial charge < -0.3 is 4.74 Å². The Morgan fingerprint density at radius 3 is 2.72 bits per heavy atom. The van der Waals surface area contributed by atoms with E-state index in [-0.39, 0.29) is 5.56 Å². The Morgan fingerprint density at radius 1 is 1.28 bits per heavy atom. The van der Waals surface area contributed by atoms with Gasteiger partial charge >= 0.3 is 5.97 Å². The highest BCUT2D eigenvalue weighted by Gasteiger charge is 2.12. The van der Waals surface area contributed by atoms with Crippen LogP contribution in [0.5, 0.6) is 0 Å². The number of nitrogens with zero attached hydrogens (tertiary/aromatic N) is 1. The van der Waals surface area contributed by atoms with Gasteiger partial charge in [0.2, 0.25) is 5.95 Å². The quantitative estimate of drug-likeness (QED) is 0.402. The molecule has 0 spiro atoms. The van der Waals surface area contributed by atoms with Gasteiger partial charge in [0, 0.05) is 6.20 Å². The highest BCUT2D eigenvalue weighted by Crippen LogP contribution is 2.08. The largest absolute Gasteiger partial charge is 0.462 e. The minimum Gasteiger partial charge on any atom is -0.462 e. The van der Waals surface area contributed by atoms with Crippen molar-refractivity contribution in [1.29, 1.82) is 0 Å². The first-order chi connectivity index (χ1) is 8.75. The molecule has 1 heterocycles. The molecule has 1 rings (SSSR count). The SMILES string of the molecule is CCCCCCCCOC(=O)c1cccnc1F. The average Bonchev–Trinajstić information content (AvgIpc) is 2.38. The molecule has 3 nitrogen and oxygen atoms in total. The topological polar surface area (TPSA) is 39.2 Å². The Morgan fingerprint density at radius 2 is 2.00 bits per heavy atom. The number of hydrogen-bond acceptors (Lipinski definition) is 3. The third kappa shape index (κ3) is 5.25. The summed E-state index contributed by atoms with van der Waals surface area (Å²) >= 11 is 0. The fraction of sp³-hybridized carbons (Fsp3) is 0.571. The van der Waals surface area contributed by atoms with Crippen LogP contribution in [0.15, 0.2) is 18.3 Å². The van der Waals surface area contributed by atoms with E-state index in [9.17, 15) is 9.18 Å². The van der Waals surface area contributed by atoms with Crippen molar-refractivity contribution in [1.82, 2.24) is 4.98 Å². The smallest absolute Gasteiger partial charge is 0.342 e. The van der Waals surface area contributed by atoms with Gasteiger partial charge in [-0.1, -0.05) is 39.0 Å². The molecule has 0 aliphatic rings. The monoisotopic (exact) mass is 253 g/mol. The molecule has 1 aromatic heterocycles. The Balaban J connectivity index is 2.16. The van der Waals surface area contributed by atoms with E-state index in [0.29, 0.717) is 6.61 Å². The fourth-order valence-electron chi connectivity index (χ4n) is 1.66. The lowest BCUT2D eigenvalue weighted by Crippen LogP contribution is -2.09. The van der Waals surface area contributed by atoms with E-state index >= 15 is 0 Å². The molecule has 0 atom stereocenters. The summed E-state index contributed by atoms with van der Waals surface area (Å²) in [7, 11) is 0. The summed E-state index contributed by atoms with van der Waals surface area (Å²) in [4.78, 5) is 14.9. The maximum absolute atomic E-state index is 13.1. The van der Waals surface area contributed by atoms with Gasteiger partial charge in [-0.2, -0.15) is 4.39 Å². The maximum atomic E-state index is 13.1. The lowest BCUT2D eigenvalue weighted by atomic mass is 10.1. The number of carbonyl (C=O) groups is 1. The van der Waals surface area contributed by atoms with Crippen molar-refractivity contribution in [2.75, 3.05) is 6.61 Å². The van der Waals surface area contributed by atoms with Crippen LogP contribution in [0.25, 0.3) is 0 Å². The van der Waals surface area contributed by atoms with E-state index in [0.717, 1.165) is 19.3 Å². The van der Waals surface area contributed by atoms with E-state index in [1.807, 2.05) is 0 Å². The van der Waals surface area contributed by atoms with Crippen molar-refractivity contribution in [3.8, 4) is 0 Å². The van der Waals surface area contributed by atoms with E-state index < -0.39 is 11.9 Å². The van der Waals surface area contributed by atoms with Crippen LogP contribution < -0.4 is 0 Å². The highest BCUT2D eigenvalue weighted by molar-refractivity contribution is 5.89. The van der Waals surface area contributed by atoms with E-state index in [1.54, 1.807) is 0 Å². The lowest BCUT2D eigenvalue weighted by molar-refractivity contribution is 0.0491. The molecule has 0 aromatic carbocycles. The molecule has 0 bridgehead atoms. The van der Waals surface area contributed by atoms with Crippen LogP contribution in [0.1, 0.15) is 55.8 Å². The van der Waals surface area contributed by atoms with Crippen LogP contribution in [0.3, 0.4) is 0 Å². The summed E-state index contributed by atoms with van der Waals surface area (Å²) in [6, 6.07) is 2.90. The minimum absolute atomic E-state index is 0.0940. The number of rotatable bonds is 8. The van der Waals surface area contributed by atoms with Crippen molar-refractivity contribution in [3.63, 3.8) is 0 Å². The van der Waals surface area contributed by atoms with Gasteiger partial charge in [-0.25, -0.2) is 9.78 Å². The number of hydrogen-bond donors (Lipinski definition) is 0. The molecule has 0 unspecified atom stereocenters. The summed E-state index contributed by atoms with van der Waals surface area (Å²) in [5.74, 6) is -1.40. The Bertz CT molecular complexity index is 369. The van der Waals surface area contributed by atoms with Crippen LogP contribution >= 0.6 is 0 Å². The van der Waals surface area contributed by atoms with Crippen molar-refractivity contribution in [3.05, 3.63) is 29.8 Å². The zero-order chi connectivity index (χ0) is 13.2. The normalized spacial score (nSPS) is 10.3. The molecule has 1 aromatic rings. The summed E-state index contributed by atoms with van der Waals surface area (Å²) < 4.78 is 18.1. The van der Waals surface area contributed by atoms with Gasteiger partial charge in [-0.3, -0.25) is 0 Å². The van der Waals surface area contributed by atoms with Gasteiger partial charge in [0.25, 0.3) is 0 Å². The second kappa shape index (κ2) is 8.61. The van der Waals surface area contributed by atoms with Gasteiger partial charge in [0.05, 0.1) is 6.61 Å². The second-order valence-electron chi connectivity index (χ2n) is 4.25. The van der Waals surface area contributed by atoms with Crippen molar-refractivity contribution in [2.45, 2.75) is 45.4 Å². The average molecular weight is 253 g/mol.